The molecule has 0 saturated heterocycles. The summed E-state index contributed by atoms with van der Waals surface area (Å²) in [6, 6.07) is 30.5. The maximum Gasteiger partial charge on any atom is 1.00 e. The van der Waals surface area contributed by atoms with Crippen molar-refractivity contribution in [3.05, 3.63) is 115 Å². The van der Waals surface area contributed by atoms with E-state index in [1.54, 1.807) is 36.4 Å². The molecule has 0 bridgehead atoms. The van der Waals surface area contributed by atoms with Crippen LogP contribution in [0.5, 0.6) is 0 Å². The monoisotopic (exact) mass is 424 g/mol. The topological polar surface area (TPSA) is 57.2 Å². The summed E-state index contributed by atoms with van der Waals surface area (Å²) >= 11 is 0. The van der Waals surface area contributed by atoms with Crippen molar-refractivity contribution < 1.29 is 42.5 Å². The third-order valence-corrected chi connectivity index (χ3v) is 5.38. The van der Waals surface area contributed by atoms with Crippen LogP contribution < -0.4 is 29.6 Å². The van der Waals surface area contributed by atoms with Gasteiger partial charge in [0.1, 0.15) is 10.1 Å². The van der Waals surface area contributed by atoms with Crippen LogP contribution in [0.1, 0.15) is 5.56 Å². The fourth-order valence-electron chi connectivity index (χ4n) is 3.17. The van der Waals surface area contributed by atoms with Gasteiger partial charge in [-0.1, -0.05) is 97.1 Å². The largest absolute Gasteiger partial charge is 1.00 e. The number of rotatable bonds is 4. The summed E-state index contributed by atoms with van der Waals surface area (Å²) in [6.45, 7) is 3.79. The Morgan fingerprint density at radius 1 is 0.767 bits per heavy atom. The van der Waals surface area contributed by atoms with Crippen molar-refractivity contribution in [3.8, 4) is 11.1 Å². The van der Waals surface area contributed by atoms with Crippen LogP contribution in [-0.4, -0.2) is 13.0 Å². The summed E-state index contributed by atoms with van der Waals surface area (Å²) in [6.07, 6.45) is 2.87. The van der Waals surface area contributed by atoms with Gasteiger partial charge in [0, 0.05) is 0 Å². The molecule has 0 aliphatic rings. The molecule has 0 amide bonds. The Labute approximate surface area is 200 Å². The maximum atomic E-state index is 10.9. The molecule has 30 heavy (non-hydrogen) atoms. The molecule has 0 fully saturated rings. The number of benzene rings is 4. The Balaban J connectivity index is 0.000000207. The number of hydrogen-bond acceptors (Lipinski definition) is 3. The molecule has 3 nitrogen and oxygen atoms in total. The first-order valence-corrected chi connectivity index (χ1v) is 10.6. The van der Waals surface area contributed by atoms with E-state index in [-0.39, 0.29) is 34.5 Å². The van der Waals surface area contributed by atoms with Gasteiger partial charge in [0.2, 0.25) is 0 Å². The summed E-state index contributed by atoms with van der Waals surface area (Å²) in [4.78, 5) is -0.157. The summed E-state index contributed by atoms with van der Waals surface area (Å²) in [5.74, 6) is 0. The first kappa shape index (κ1) is 24.1. The Kier molecular flexibility index (Phi) is 9.03. The normalized spacial score (nSPS) is 10.4. The molecule has 0 unspecified atom stereocenters. The first-order valence-electron chi connectivity index (χ1n) is 9.18. The van der Waals surface area contributed by atoms with Gasteiger partial charge in [-0.25, -0.2) is 8.42 Å². The van der Waals surface area contributed by atoms with E-state index in [4.69, 9.17) is 0 Å². The molecule has 0 aliphatic heterocycles. The molecule has 0 spiro atoms. The second-order valence-electron chi connectivity index (χ2n) is 6.45. The molecule has 0 radical (unpaired) electrons. The Morgan fingerprint density at radius 2 is 1.37 bits per heavy atom. The van der Waals surface area contributed by atoms with Crippen molar-refractivity contribution in [1.82, 2.24) is 0 Å². The fraction of sp³-hybridized carbons (Fsp3) is 0.0400. The summed E-state index contributed by atoms with van der Waals surface area (Å²) in [7, 11) is -4.38. The fourth-order valence-corrected chi connectivity index (χ4v) is 3.87. The van der Waals surface area contributed by atoms with Crippen LogP contribution in [0.25, 0.3) is 21.9 Å². The third kappa shape index (κ3) is 6.14. The quantitative estimate of drug-likeness (QED) is 0.288. The molecule has 0 N–H and O–H groups in total. The Bertz CT molecular complexity index is 1210. The van der Waals surface area contributed by atoms with Crippen LogP contribution >= 0.6 is 0 Å². The van der Waals surface area contributed by atoms with Gasteiger partial charge in [-0.15, -0.1) is 6.58 Å². The van der Waals surface area contributed by atoms with Crippen LogP contribution in [0.15, 0.2) is 115 Å². The van der Waals surface area contributed by atoms with Gasteiger partial charge in [0.25, 0.3) is 0 Å². The zero-order chi connectivity index (χ0) is 20.7. The van der Waals surface area contributed by atoms with Gasteiger partial charge < -0.3 is 4.55 Å². The van der Waals surface area contributed by atoms with E-state index < -0.39 is 10.1 Å². The van der Waals surface area contributed by atoms with Gasteiger partial charge >= 0.3 is 29.6 Å². The van der Waals surface area contributed by atoms with E-state index in [2.05, 4.69) is 55.1 Å². The molecule has 0 saturated carbocycles. The molecule has 4 aromatic rings. The standard InChI is InChI=1S/C15H14.C10H8O3S.Na/c1-2-8-13-11-6-7-12-15(13)14-9-4-3-5-10-14;11-14(12,13)10-7-3-5-8-4-1-2-6-9(8)10;/h2-7,9-12H,1,8H2;1-7H,(H,11,12,13);/q;;+1/p-1. The van der Waals surface area contributed by atoms with Crippen molar-refractivity contribution in [2.45, 2.75) is 11.3 Å². The van der Waals surface area contributed by atoms with Crippen LogP contribution in [0.2, 0.25) is 0 Å². The predicted octanol–water partition coefficient (Wildman–Crippen LogP) is 2.83. The first-order chi connectivity index (χ1) is 14.0. The van der Waals surface area contributed by atoms with E-state index in [9.17, 15) is 13.0 Å². The average molecular weight is 424 g/mol. The average Bonchev–Trinajstić information content (AvgIpc) is 2.74. The van der Waals surface area contributed by atoms with E-state index in [1.165, 1.54) is 22.8 Å². The molecular formula is C25H21NaO3S. The molecule has 5 heteroatoms. The van der Waals surface area contributed by atoms with Crippen LogP contribution in [0.3, 0.4) is 0 Å². The number of fused-ring (bicyclic) bond motifs is 1. The second-order valence-corrected chi connectivity index (χ2v) is 7.80. The zero-order valence-corrected chi connectivity index (χ0v) is 19.7. The van der Waals surface area contributed by atoms with E-state index >= 15 is 0 Å². The van der Waals surface area contributed by atoms with Crippen molar-refractivity contribution in [2.75, 3.05) is 0 Å². The van der Waals surface area contributed by atoms with Crippen LogP contribution in [0.4, 0.5) is 0 Å². The minimum Gasteiger partial charge on any atom is -0.744 e. The molecule has 0 aliphatic carbocycles. The third-order valence-electron chi connectivity index (χ3n) is 4.49. The summed E-state index contributed by atoms with van der Waals surface area (Å²) in [5, 5.41) is 1.23. The van der Waals surface area contributed by atoms with Gasteiger partial charge in [0.05, 0.1) is 4.90 Å². The molecule has 0 atom stereocenters. The smallest absolute Gasteiger partial charge is 0.744 e. The van der Waals surface area contributed by atoms with Crippen molar-refractivity contribution in [1.29, 1.82) is 0 Å². The maximum absolute atomic E-state index is 10.9. The minimum absolute atomic E-state index is 0. The van der Waals surface area contributed by atoms with Gasteiger partial charge in [-0.3, -0.25) is 0 Å². The summed E-state index contributed by atoms with van der Waals surface area (Å²) in [5.41, 5.74) is 3.91. The van der Waals surface area contributed by atoms with Crippen molar-refractivity contribution >= 4 is 20.9 Å². The minimum atomic E-state index is -4.38. The van der Waals surface area contributed by atoms with Crippen molar-refractivity contribution in [2.24, 2.45) is 0 Å². The van der Waals surface area contributed by atoms with E-state index in [0.29, 0.717) is 5.39 Å². The molecule has 0 aromatic heterocycles. The predicted molar refractivity (Wildman–Crippen MR) is 118 cm³/mol. The van der Waals surface area contributed by atoms with Crippen LogP contribution in [-0.2, 0) is 16.5 Å². The van der Waals surface area contributed by atoms with Gasteiger partial charge in [-0.05, 0) is 39.9 Å². The van der Waals surface area contributed by atoms with E-state index in [1.807, 2.05) is 12.1 Å². The second kappa shape index (κ2) is 11.3. The molecule has 0 heterocycles. The SMILES string of the molecule is C=CCc1ccccc1-c1ccccc1.O=S(=O)([O-])c1cccc2ccccc12.[Na+]. The molecule has 146 valence electrons. The van der Waals surface area contributed by atoms with Crippen LogP contribution in [0, 0.1) is 0 Å². The zero-order valence-electron chi connectivity index (χ0n) is 16.9. The molecule has 4 aromatic carbocycles. The number of allylic oxidation sites excluding steroid dienone is 1. The van der Waals surface area contributed by atoms with Gasteiger partial charge in [-0.2, -0.15) is 0 Å². The Morgan fingerprint density at radius 3 is 2.07 bits per heavy atom. The van der Waals surface area contributed by atoms with E-state index in [0.717, 1.165) is 11.8 Å². The number of hydrogen-bond donors (Lipinski definition) is 0. The Hall–Kier alpha value is -2.21. The summed E-state index contributed by atoms with van der Waals surface area (Å²) < 4.78 is 32.7. The van der Waals surface area contributed by atoms with Crippen molar-refractivity contribution in [3.63, 3.8) is 0 Å². The molecule has 4 rings (SSSR count). The molecular weight excluding hydrogens is 403 g/mol. The van der Waals surface area contributed by atoms with Gasteiger partial charge in [0.15, 0.2) is 0 Å².